The molecule has 0 fully saturated rings. The van der Waals surface area contributed by atoms with Gasteiger partial charge >= 0.3 is 0 Å². The van der Waals surface area contributed by atoms with Crippen molar-refractivity contribution in [3.63, 3.8) is 0 Å². The molecule has 0 spiro atoms. The Balaban J connectivity index is 1.58. The molecular weight excluding hydrogens is 446 g/mol. The fourth-order valence-electron chi connectivity index (χ4n) is 3.03. The average molecular weight is 476 g/mol. The zero-order valence-electron chi connectivity index (χ0n) is 19.6. The van der Waals surface area contributed by atoms with Crippen LogP contribution in [0.25, 0.3) is 0 Å². The summed E-state index contributed by atoms with van der Waals surface area (Å²) >= 11 is 5.33. The van der Waals surface area contributed by atoms with Gasteiger partial charge in [0.1, 0.15) is 5.75 Å². The molecule has 34 heavy (non-hydrogen) atoms. The normalized spacial score (nSPS) is 10.8. The third-order valence-corrected chi connectivity index (χ3v) is 5.11. The predicted octanol–water partition coefficient (Wildman–Crippen LogP) is 5.42. The summed E-state index contributed by atoms with van der Waals surface area (Å²) in [6.07, 6.45) is 0.735. The molecule has 0 radical (unpaired) electrons. The van der Waals surface area contributed by atoms with E-state index in [1.807, 2.05) is 57.2 Å². The van der Waals surface area contributed by atoms with Gasteiger partial charge in [-0.1, -0.05) is 69.3 Å². The molecule has 0 unspecified atom stereocenters. The molecule has 3 aromatic carbocycles. The van der Waals surface area contributed by atoms with Crippen molar-refractivity contribution >= 4 is 40.5 Å². The van der Waals surface area contributed by atoms with Gasteiger partial charge in [0.2, 0.25) is 5.91 Å². The van der Waals surface area contributed by atoms with Crippen LogP contribution in [0.4, 0.5) is 11.4 Å². The first-order chi connectivity index (χ1) is 16.2. The molecule has 0 saturated carbocycles. The van der Waals surface area contributed by atoms with Gasteiger partial charge in [-0.25, -0.2) is 0 Å². The van der Waals surface area contributed by atoms with Gasteiger partial charge in [0.15, 0.2) is 5.11 Å². The minimum absolute atomic E-state index is 0.0931. The molecule has 3 rings (SSSR count). The van der Waals surface area contributed by atoms with E-state index in [1.165, 1.54) is 0 Å². The van der Waals surface area contributed by atoms with E-state index in [0.717, 1.165) is 12.0 Å². The second kappa shape index (κ2) is 11.4. The second-order valence-corrected chi connectivity index (χ2v) is 9.18. The SMILES string of the molecule is CC(C)(C)C(=O)Nc1cccc(NC(=S)NC(=O)c2ccccc2OCCc2ccccc2)c1. The standard InChI is InChI=1S/C27H29N3O3S/c1-27(2,3)25(32)28-20-12-9-13-21(18-20)29-26(34)30-24(31)22-14-7-8-15-23(22)33-17-16-19-10-5-4-6-11-19/h4-15,18H,16-17H2,1-3H3,(H,28,32)(H2,29,30,31,34). The van der Waals surface area contributed by atoms with Crippen LogP contribution in [0.15, 0.2) is 78.9 Å². The number of para-hydroxylation sites is 1. The van der Waals surface area contributed by atoms with E-state index in [9.17, 15) is 9.59 Å². The Bertz CT molecular complexity index is 1160. The van der Waals surface area contributed by atoms with Gasteiger partial charge in [-0.2, -0.15) is 0 Å². The topological polar surface area (TPSA) is 79.5 Å². The first-order valence-electron chi connectivity index (χ1n) is 11.0. The van der Waals surface area contributed by atoms with Gasteiger partial charge < -0.3 is 15.4 Å². The second-order valence-electron chi connectivity index (χ2n) is 8.77. The van der Waals surface area contributed by atoms with Gasteiger partial charge in [0.05, 0.1) is 12.2 Å². The molecule has 0 aromatic heterocycles. The number of thiocarbonyl (C=S) groups is 1. The van der Waals surface area contributed by atoms with E-state index in [2.05, 4.69) is 16.0 Å². The van der Waals surface area contributed by atoms with Crippen LogP contribution in [0.5, 0.6) is 5.75 Å². The Kier molecular flexibility index (Phi) is 8.38. The van der Waals surface area contributed by atoms with Crippen LogP contribution in [0, 0.1) is 5.41 Å². The summed E-state index contributed by atoms with van der Waals surface area (Å²) in [6, 6.07) is 24.2. The number of benzene rings is 3. The number of ether oxygens (including phenoxy) is 1. The van der Waals surface area contributed by atoms with Crippen molar-refractivity contribution in [1.82, 2.24) is 5.32 Å². The van der Waals surface area contributed by atoms with Crippen LogP contribution in [-0.4, -0.2) is 23.5 Å². The van der Waals surface area contributed by atoms with Crippen LogP contribution in [0.2, 0.25) is 0 Å². The lowest BCUT2D eigenvalue weighted by Crippen LogP contribution is -2.34. The van der Waals surface area contributed by atoms with Crippen molar-refractivity contribution < 1.29 is 14.3 Å². The molecule has 2 amide bonds. The van der Waals surface area contributed by atoms with Crippen molar-refractivity contribution in [3.8, 4) is 5.75 Å². The molecule has 0 aliphatic rings. The van der Waals surface area contributed by atoms with Crippen molar-refractivity contribution in [1.29, 1.82) is 0 Å². The number of carbonyl (C=O) groups excluding carboxylic acids is 2. The van der Waals surface area contributed by atoms with Crippen LogP contribution in [0.3, 0.4) is 0 Å². The molecule has 0 atom stereocenters. The van der Waals surface area contributed by atoms with Crippen molar-refractivity contribution in [2.75, 3.05) is 17.2 Å². The van der Waals surface area contributed by atoms with E-state index >= 15 is 0 Å². The smallest absolute Gasteiger partial charge is 0.261 e. The fourth-order valence-corrected chi connectivity index (χ4v) is 3.24. The summed E-state index contributed by atoms with van der Waals surface area (Å²) < 4.78 is 5.88. The summed E-state index contributed by atoms with van der Waals surface area (Å²) in [5.74, 6) is 0.0278. The Hall–Kier alpha value is -3.71. The molecule has 6 nitrogen and oxygen atoms in total. The number of carbonyl (C=O) groups is 2. The third-order valence-electron chi connectivity index (χ3n) is 4.91. The average Bonchev–Trinajstić information content (AvgIpc) is 2.79. The van der Waals surface area contributed by atoms with E-state index in [1.54, 1.807) is 42.5 Å². The number of hydrogen-bond donors (Lipinski definition) is 3. The van der Waals surface area contributed by atoms with Gasteiger partial charge in [-0.15, -0.1) is 0 Å². The molecular formula is C27H29N3O3S. The van der Waals surface area contributed by atoms with Crippen molar-refractivity contribution in [3.05, 3.63) is 90.0 Å². The van der Waals surface area contributed by atoms with Crippen LogP contribution < -0.4 is 20.7 Å². The Morgan fingerprint density at radius 1 is 0.853 bits per heavy atom. The summed E-state index contributed by atoms with van der Waals surface area (Å²) in [5, 5.41) is 8.70. The molecule has 176 valence electrons. The predicted molar refractivity (Wildman–Crippen MR) is 140 cm³/mol. The number of rotatable bonds is 7. The van der Waals surface area contributed by atoms with Gasteiger partial charge in [-0.3, -0.25) is 14.9 Å². The fraction of sp³-hybridized carbons (Fsp3) is 0.222. The number of nitrogens with one attached hydrogen (secondary N) is 3. The maximum Gasteiger partial charge on any atom is 0.261 e. The Labute approximate surface area is 205 Å². The maximum atomic E-state index is 12.8. The summed E-state index contributed by atoms with van der Waals surface area (Å²) in [6.45, 7) is 5.99. The molecule has 0 aliphatic heterocycles. The number of amides is 2. The highest BCUT2D eigenvalue weighted by molar-refractivity contribution is 7.80. The van der Waals surface area contributed by atoms with E-state index < -0.39 is 5.41 Å². The quantitative estimate of drug-likeness (QED) is 0.398. The minimum Gasteiger partial charge on any atom is -0.492 e. The number of anilines is 2. The van der Waals surface area contributed by atoms with E-state index in [4.69, 9.17) is 17.0 Å². The Morgan fingerprint density at radius 2 is 1.50 bits per heavy atom. The molecule has 0 saturated heterocycles. The first-order valence-corrected chi connectivity index (χ1v) is 11.4. The van der Waals surface area contributed by atoms with Gasteiger partial charge in [0.25, 0.3) is 5.91 Å². The van der Waals surface area contributed by atoms with E-state index in [0.29, 0.717) is 29.3 Å². The molecule has 0 heterocycles. The highest BCUT2D eigenvalue weighted by Crippen LogP contribution is 2.21. The van der Waals surface area contributed by atoms with Crippen LogP contribution in [0.1, 0.15) is 36.7 Å². The lowest BCUT2D eigenvalue weighted by Gasteiger charge is -2.18. The molecule has 0 aliphatic carbocycles. The Morgan fingerprint density at radius 3 is 2.21 bits per heavy atom. The monoisotopic (exact) mass is 475 g/mol. The van der Waals surface area contributed by atoms with Gasteiger partial charge in [-0.05, 0) is 48.1 Å². The zero-order chi connectivity index (χ0) is 24.6. The first kappa shape index (κ1) is 24.9. The summed E-state index contributed by atoms with van der Waals surface area (Å²) in [7, 11) is 0. The maximum absolute atomic E-state index is 12.8. The summed E-state index contributed by atoms with van der Waals surface area (Å²) in [5.41, 5.74) is 2.32. The van der Waals surface area contributed by atoms with Crippen LogP contribution >= 0.6 is 12.2 Å². The summed E-state index contributed by atoms with van der Waals surface area (Å²) in [4.78, 5) is 25.1. The third kappa shape index (κ3) is 7.42. The number of hydrogen-bond acceptors (Lipinski definition) is 4. The highest BCUT2D eigenvalue weighted by atomic mass is 32.1. The lowest BCUT2D eigenvalue weighted by molar-refractivity contribution is -0.123. The molecule has 7 heteroatoms. The van der Waals surface area contributed by atoms with Crippen LogP contribution in [-0.2, 0) is 11.2 Å². The highest BCUT2D eigenvalue weighted by Gasteiger charge is 2.21. The molecule has 0 bridgehead atoms. The molecule has 3 aromatic rings. The van der Waals surface area contributed by atoms with Crippen molar-refractivity contribution in [2.24, 2.45) is 5.41 Å². The molecule has 3 N–H and O–H groups in total. The largest absolute Gasteiger partial charge is 0.492 e. The van der Waals surface area contributed by atoms with Gasteiger partial charge in [0, 0.05) is 23.2 Å². The minimum atomic E-state index is -0.511. The lowest BCUT2D eigenvalue weighted by atomic mass is 9.95. The van der Waals surface area contributed by atoms with Crippen molar-refractivity contribution in [2.45, 2.75) is 27.2 Å². The zero-order valence-corrected chi connectivity index (χ0v) is 20.4. The van der Waals surface area contributed by atoms with E-state index in [-0.39, 0.29) is 16.9 Å².